The summed E-state index contributed by atoms with van der Waals surface area (Å²) in [5, 5.41) is 5.20. The normalized spacial score (nSPS) is 16.6. The summed E-state index contributed by atoms with van der Waals surface area (Å²) in [6, 6.07) is 24.5. The largest absolute Gasteiger partial charge is 0.573 e. The van der Waals surface area contributed by atoms with E-state index in [1.54, 1.807) is 53.4 Å². The summed E-state index contributed by atoms with van der Waals surface area (Å²) < 4.78 is 130. The van der Waals surface area contributed by atoms with Crippen molar-refractivity contribution < 1.29 is 58.2 Å². The number of nitrogens with one attached hydrogen (secondary N) is 2. The highest BCUT2D eigenvalue weighted by molar-refractivity contribution is 7.89. The van der Waals surface area contributed by atoms with Gasteiger partial charge >= 0.3 is 6.36 Å². The molecule has 2 aromatic heterocycles. The third-order valence-electron chi connectivity index (χ3n) is 10.4. The lowest BCUT2D eigenvalue weighted by atomic mass is 10.1. The number of rotatable bonds is 12. The van der Waals surface area contributed by atoms with Crippen molar-refractivity contribution in [2.75, 3.05) is 56.6 Å². The fourth-order valence-corrected chi connectivity index (χ4v) is 10.2. The molecule has 0 radical (unpaired) electrons. The molecule has 4 aromatic carbocycles. The van der Waals surface area contributed by atoms with Crippen molar-refractivity contribution in [2.45, 2.75) is 22.3 Å². The van der Waals surface area contributed by atoms with Crippen LogP contribution >= 0.6 is 0 Å². The van der Waals surface area contributed by atoms with Gasteiger partial charge < -0.3 is 34.0 Å². The number of hydrogen-bond acceptors (Lipinski definition) is 9. The van der Waals surface area contributed by atoms with Crippen LogP contribution in [0.3, 0.4) is 0 Å². The van der Waals surface area contributed by atoms with Gasteiger partial charge in [0.2, 0.25) is 20.0 Å². The van der Waals surface area contributed by atoms with Crippen LogP contribution < -0.4 is 15.4 Å². The number of hydrogen-bond donors (Lipinski definition) is 2. The van der Waals surface area contributed by atoms with Gasteiger partial charge in [0.1, 0.15) is 21.4 Å². The van der Waals surface area contributed by atoms with E-state index in [-0.39, 0.29) is 62.9 Å². The van der Waals surface area contributed by atoms with E-state index in [0.717, 1.165) is 44.6 Å². The van der Waals surface area contributed by atoms with E-state index in [1.165, 1.54) is 18.2 Å². The molecule has 0 spiro atoms. The minimum atomic E-state index is -5.19. The molecule has 4 heterocycles. The minimum absolute atomic E-state index is 0.0146. The van der Waals surface area contributed by atoms with Crippen LogP contribution in [-0.2, 0) is 29.5 Å². The molecule has 15 nitrogen and oxygen atoms in total. The first-order valence-corrected chi connectivity index (χ1v) is 22.5. The zero-order valence-corrected chi connectivity index (χ0v) is 35.1. The Balaban J connectivity index is 0.954. The maximum absolute atomic E-state index is 15.3. The van der Waals surface area contributed by atoms with Gasteiger partial charge in [0.25, 0.3) is 11.8 Å². The summed E-state index contributed by atoms with van der Waals surface area (Å²) in [7, 11) is -8.92. The molecule has 2 N–H and O–H groups in total. The van der Waals surface area contributed by atoms with Crippen molar-refractivity contribution in [3.8, 4) is 17.1 Å². The molecule has 1 atom stereocenters. The second kappa shape index (κ2) is 18.0. The van der Waals surface area contributed by atoms with Gasteiger partial charge in [-0.15, -0.1) is 13.2 Å². The van der Waals surface area contributed by atoms with Crippen molar-refractivity contribution in [2.24, 2.45) is 0 Å². The topological polar surface area (TPSA) is 171 Å². The first kappa shape index (κ1) is 44.3. The van der Waals surface area contributed by atoms with Crippen molar-refractivity contribution in [3.05, 3.63) is 150 Å². The summed E-state index contributed by atoms with van der Waals surface area (Å²) >= 11 is 0. The van der Waals surface area contributed by atoms with Gasteiger partial charge in [0, 0.05) is 90.4 Å². The fourth-order valence-electron chi connectivity index (χ4n) is 7.18. The second-order valence-corrected chi connectivity index (χ2v) is 18.4. The Labute approximate surface area is 364 Å². The van der Waals surface area contributed by atoms with Crippen LogP contribution in [0.15, 0.2) is 138 Å². The number of carbonyl (C=O) groups is 2. The molecular formula is C43H38F4N6O9S2. The number of sulfonamides is 2. The van der Waals surface area contributed by atoms with Gasteiger partial charge in [-0.25, -0.2) is 21.2 Å². The highest BCUT2D eigenvalue weighted by Crippen LogP contribution is 2.35. The molecule has 8 rings (SSSR count). The average Bonchev–Trinajstić information content (AvgIpc) is 4.02. The number of morpholine rings is 2. The Morgan fingerprint density at radius 1 is 0.656 bits per heavy atom. The molecule has 2 aliphatic rings. The lowest BCUT2D eigenvalue weighted by molar-refractivity contribution is -0.275. The Hall–Kier alpha value is -6.36. The van der Waals surface area contributed by atoms with E-state index in [1.807, 2.05) is 35.2 Å². The van der Waals surface area contributed by atoms with Gasteiger partial charge in [0.05, 0.1) is 25.9 Å². The van der Waals surface area contributed by atoms with E-state index in [2.05, 4.69) is 15.4 Å². The molecule has 6 aromatic rings. The monoisotopic (exact) mass is 922 g/mol. The van der Waals surface area contributed by atoms with Crippen LogP contribution in [0.4, 0.5) is 28.9 Å². The number of ether oxygens (including phenoxy) is 3. The van der Waals surface area contributed by atoms with E-state index >= 15 is 4.39 Å². The molecule has 0 bridgehead atoms. The lowest BCUT2D eigenvalue weighted by Gasteiger charge is -2.32. The van der Waals surface area contributed by atoms with Gasteiger partial charge in [-0.3, -0.25) is 9.59 Å². The summed E-state index contributed by atoms with van der Waals surface area (Å²) in [4.78, 5) is 25.2. The Kier molecular flexibility index (Phi) is 12.5. The predicted molar refractivity (Wildman–Crippen MR) is 224 cm³/mol. The zero-order chi connectivity index (χ0) is 45.2. The minimum Gasteiger partial charge on any atom is -0.404 e. The molecule has 2 aliphatic heterocycles. The van der Waals surface area contributed by atoms with Crippen molar-refractivity contribution in [3.63, 3.8) is 0 Å². The average molecular weight is 923 g/mol. The van der Waals surface area contributed by atoms with Crippen LogP contribution in [0.2, 0.25) is 0 Å². The van der Waals surface area contributed by atoms with E-state index in [0.29, 0.717) is 16.8 Å². The number of nitrogens with zero attached hydrogens (tertiary/aromatic N) is 4. The van der Waals surface area contributed by atoms with E-state index in [4.69, 9.17) is 9.47 Å². The van der Waals surface area contributed by atoms with Gasteiger partial charge in [-0.1, -0.05) is 12.1 Å². The lowest BCUT2D eigenvalue weighted by Crippen LogP contribution is -2.42. The Morgan fingerprint density at radius 2 is 1.23 bits per heavy atom. The maximum atomic E-state index is 15.3. The molecular weight excluding hydrogens is 885 g/mol. The van der Waals surface area contributed by atoms with Crippen molar-refractivity contribution in [1.29, 1.82) is 0 Å². The first-order chi connectivity index (χ1) is 30.5. The van der Waals surface area contributed by atoms with Crippen LogP contribution in [0, 0.1) is 5.82 Å². The molecule has 0 saturated carbocycles. The number of aromatic nitrogens is 2. The standard InChI is InChI=1S/C43H38F4N6O9S2/c44-36-11-9-32(48-41(54)29-5-3-7-34(23-29)50-14-1-2-15-50)25-39(36)63(56,57)53-19-22-61-38(28-53)31-13-16-51(27-31)35-8-4-6-30(24-35)42(55)49-33-10-12-37(62-43(45,46)47)40(26-33)64(58,59)52-17-20-60-21-18-52/h1-16,23-27,38H,17-22,28H2,(H,48,54)(H,49,55). The summed E-state index contributed by atoms with van der Waals surface area (Å²) in [6.07, 6.45) is 1.01. The molecule has 334 valence electrons. The fraction of sp³-hybridized carbons (Fsp3) is 0.209. The third-order valence-corrected chi connectivity index (χ3v) is 14.2. The zero-order valence-electron chi connectivity index (χ0n) is 33.4. The van der Waals surface area contributed by atoms with Gasteiger partial charge in [-0.05, 0) is 91.0 Å². The molecule has 64 heavy (non-hydrogen) atoms. The van der Waals surface area contributed by atoms with E-state index in [9.17, 15) is 39.6 Å². The molecule has 21 heteroatoms. The predicted octanol–water partition coefficient (Wildman–Crippen LogP) is 6.59. The highest BCUT2D eigenvalue weighted by atomic mass is 32.2. The van der Waals surface area contributed by atoms with Crippen LogP contribution in [0.5, 0.6) is 5.75 Å². The Morgan fingerprint density at radius 3 is 1.88 bits per heavy atom. The number of amides is 2. The number of alkyl halides is 3. The molecule has 2 saturated heterocycles. The summed E-state index contributed by atoms with van der Waals surface area (Å²) in [6.45, 7) is -0.349. The van der Waals surface area contributed by atoms with E-state index < -0.39 is 65.7 Å². The number of carbonyl (C=O) groups excluding carboxylic acids is 2. The van der Waals surface area contributed by atoms with Crippen LogP contribution in [-0.4, -0.2) is 98.8 Å². The molecule has 0 aliphatic carbocycles. The molecule has 2 amide bonds. The third kappa shape index (κ3) is 9.73. The quantitative estimate of drug-likeness (QED) is 0.129. The van der Waals surface area contributed by atoms with Crippen molar-refractivity contribution in [1.82, 2.24) is 17.7 Å². The smallest absolute Gasteiger partial charge is 0.404 e. The molecule has 2 fully saturated rings. The highest BCUT2D eigenvalue weighted by Gasteiger charge is 2.37. The summed E-state index contributed by atoms with van der Waals surface area (Å²) in [5.41, 5.74) is 2.16. The van der Waals surface area contributed by atoms with Crippen LogP contribution in [0.25, 0.3) is 11.4 Å². The van der Waals surface area contributed by atoms with Crippen LogP contribution in [0.1, 0.15) is 32.4 Å². The number of halogens is 4. The summed E-state index contributed by atoms with van der Waals surface area (Å²) in [5.74, 6) is -3.19. The SMILES string of the molecule is O=C(Nc1ccc(F)c(S(=O)(=O)N2CCOC(c3ccn(-c4cccc(C(=O)Nc5ccc(OC(F)(F)F)c(S(=O)(=O)N6CCOCC6)c5)c4)c3)C2)c1)c1cccc(-n2cccc2)c1. The first-order valence-electron chi connectivity index (χ1n) is 19.6. The number of anilines is 2. The Bertz CT molecular complexity index is 2920. The van der Waals surface area contributed by atoms with Gasteiger partial charge in [0.15, 0.2) is 0 Å². The number of benzene rings is 4. The molecule has 1 unspecified atom stereocenters. The van der Waals surface area contributed by atoms with Crippen molar-refractivity contribution >= 4 is 43.2 Å². The van der Waals surface area contributed by atoms with Gasteiger partial charge in [-0.2, -0.15) is 8.61 Å². The second-order valence-electron chi connectivity index (χ2n) is 14.5. The maximum Gasteiger partial charge on any atom is 0.573 e.